The van der Waals surface area contributed by atoms with Crippen LogP contribution in [0, 0.1) is 5.82 Å². The first kappa shape index (κ1) is 13.0. The van der Waals surface area contributed by atoms with Crippen molar-refractivity contribution < 1.29 is 9.13 Å². The van der Waals surface area contributed by atoms with Gasteiger partial charge in [-0.05, 0) is 31.4 Å². The van der Waals surface area contributed by atoms with Gasteiger partial charge in [-0.1, -0.05) is 0 Å². The fourth-order valence-corrected chi connectivity index (χ4v) is 2.81. The van der Waals surface area contributed by atoms with E-state index in [2.05, 4.69) is 10.4 Å². The number of aromatic nitrogens is 2. The molecular formula is C15H18FN3O. The second-order valence-electron chi connectivity index (χ2n) is 5.11. The highest BCUT2D eigenvalue weighted by Crippen LogP contribution is 2.33. The lowest BCUT2D eigenvalue weighted by Crippen LogP contribution is -2.17. The minimum absolute atomic E-state index is 0.225. The van der Waals surface area contributed by atoms with Gasteiger partial charge in [0.25, 0.3) is 0 Å². The number of methoxy groups -OCH3 is 1. The first-order chi connectivity index (χ1) is 9.69. The van der Waals surface area contributed by atoms with E-state index in [0.29, 0.717) is 0 Å². The molecule has 5 heteroatoms. The molecule has 20 heavy (non-hydrogen) atoms. The number of aryl methyl sites for hydroxylation is 1. The van der Waals surface area contributed by atoms with E-state index >= 15 is 0 Å². The SMILES string of the molecule is COc1cc(NC2CCCc3c2cnn3C)ccc1F. The lowest BCUT2D eigenvalue weighted by Gasteiger charge is -2.25. The Kier molecular flexibility index (Phi) is 3.34. The Morgan fingerprint density at radius 1 is 1.45 bits per heavy atom. The van der Waals surface area contributed by atoms with Crippen molar-refractivity contribution in [3.05, 3.63) is 41.5 Å². The lowest BCUT2D eigenvalue weighted by molar-refractivity contribution is 0.386. The second kappa shape index (κ2) is 5.15. The molecule has 4 nitrogen and oxygen atoms in total. The summed E-state index contributed by atoms with van der Waals surface area (Å²) in [4.78, 5) is 0. The third-order valence-electron chi connectivity index (χ3n) is 3.87. The van der Waals surface area contributed by atoms with Crippen LogP contribution >= 0.6 is 0 Å². The number of halogens is 1. The van der Waals surface area contributed by atoms with Crippen LogP contribution < -0.4 is 10.1 Å². The Labute approximate surface area is 117 Å². The van der Waals surface area contributed by atoms with Crippen molar-refractivity contribution in [3.8, 4) is 5.75 Å². The van der Waals surface area contributed by atoms with E-state index in [4.69, 9.17) is 4.74 Å². The maximum Gasteiger partial charge on any atom is 0.165 e. The van der Waals surface area contributed by atoms with Gasteiger partial charge >= 0.3 is 0 Å². The lowest BCUT2D eigenvalue weighted by atomic mass is 9.93. The molecule has 1 heterocycles. The van der Waals surface area contributed by atoms with Gasteiger partial charge in [0.05, 0.1) is 19.3 Å². The molecule has 1 aromatic carbocycles. The summed E-state index contributed by atoms with van der Waals surface area (Å²) < 4.78 is 20.4. The number of anilines is 1. The van der Waals surface area contributed by atoms with Crippen LogP contribution in [0.4, 0.5) is 10.1 Å². The van der Waals surface area contributed by atoms with Crippen molar-refractivity contribution in [3.63, 3.8) is 0 Å². The summed E-state index contributed by atoms with van der Waals surface area (Å²) in [7, 11) is 3.45. The van der Waals surface area contributed by atoms with Gasteiger partial charge in [0.1, 0.15) is 0 Å². The third kappa shape index (κ3) is 2.24. The zero-order chi connectivity index (χ0) is 14.1. The van der Waals surface area contributed by atoms with Crippen LogP contribution in [0.2, 0.25) is 0 Å². The Morgan fingerprint density at radius 3 is 3.10 bits per heavy atom. The number of rotatable bonds is 3. The monoisotopic (exact) mass is 275 g/mol. The van der Waals surface area contributed by atoms with Gasteiger partial charge in [-0.3, -0.25) is 4.68 Å². The molecule has 106 valence electrons. The van der Waals surface area contributed by atoms with Crippen molar-refractivity contribution in [1.82, 2.24) is 9.78 Å². The van der Waals surface area contributed by atoms with Crippen LogP contribution in [0.25, 0.3) is 0 Å². The minimum Gasteiger partial charge on any atom is -0.494 e. The van der Waals surface area contributed by atoms with Crippen molar-refractivity contribution >= 4 is 5.69 Å². The molecule has 2 aromatic rings. The molecule has 0 saturated heterocycles. The summed E-state index contributed by atoms with van der Waals surface area (Å²) in [5.41, 5.74) is 3.38. The highest BCUT2D eigenvalue weighted by molar-refractivity contribution is 5.51. The van der Waals surface area contributed by atoms with Gasteiger partial charge in [-0.25, -0.2) is 4.39 Å². The van der Waals surface area contributed by atoms with Crippen LogP contribution in [0.15, 0.2) is 24.4 Å². The molecule has 0 aliphatic heterocycles. The highest BCUT2D eigenvalue weighted by atomic mass is 19.1. The van der Waals surface area contributed by atoms with E-state index in [1.165, 1.54) is 24.4 Å². The molecule has 3 rings (SSSR count). The zero-order valence-electron chi connectivity index (χ0n) is 11.7. The smallest absolute Gasteiger partial charge is 0.165 e. The second-order valence-corrected chi connectivity index (χ2v) is 5.11. The molecule has 0 spiro atoms. The van der Waals surface area contributed by atoms with Crippen LogP contribution in [0.1, 0.15) is 30.1 Å². The summed E-state index contributed by atoms with van der Waals surface area (Å²) in [6, 6.07) is 5.08. The molecule has 0 fully saturated rings. The standard InChI is InChI=1S/C15H18FN3O/c1-19-14-5-3-4-13(11(14)9-17-19)18-10-6-7-12(16)15(8-10)20-2/h6-9,13,18H,3-5H2,1-2H3. The molecule has 0 amide bonds. The van der Waals surface area contributed by atoms with E-state index in [1.807, 2.05) is 17.9 Å². The van der Waals surface area contributed by atoms with E-state index in [9.17, 15) is 4.39 Å². The average Bonchev–Trinajstić information content (AvgIpc) is 2.84. The minimum atomic E-state index is -0.344. The van der Waals surface area contributed by atoms with Crippen molar-refractivity contribution in [1.29, 1.82) is 0 Å². The third-order valence-corrected chi connectivity index (χ3v) is 3.87. The summed E-state index contributed by atoms with van der Waals surface area (Å²) in [6.45, 7) is 0. The number of nitrogens with zero attached hydrogens (tertiary/aromatic N) is 2. The fourth-order valence-electron chi connectivity index (χ4n) is 2.81. The fraction of sp³-hybridized carbons (Fsp3) is 0.400. The predicted octanol–water partition coefficient (Wildman–Crippen LogP) is 3.06. The van der Waals surface area contributed by atoms with Crippen molar-refractivity contribution in [2.45, 2.75) is 25.3 Å². The van der Waals surface area contributed by atoms with Crippen molar-refractivity contribution in [2.75, 3.05) is 12.4 Å². The first-order valence-corrected chi connectivity index (χ1v) is 6.80. The van der Waals surface area contributed by atoms with E-state index < -0.39 is 0 Å². The molecule has 1 N–H and O–H groups in total. The maximum atomic E-state index is 13.4. The number of fused-ring (bicyclic) bond motifs is 1. The van der Waals surface area contributed by atoms with Gasteiger partial charge < -0.3 is 10.1 Å². The summed E-state index contributed by atoms with van der Waals surface area (Å²) in [5, 5.41) is 7.78. The predicted molar refractivity (Wildman–Crippen MR) is 75.5 cm³/mol. The van der Waals surface area contributed by atoms with Gasteiger partial charge in [-0.15, -0.1) is 0 Å². The van der Waals surface area contributed by atoms with Gasteiger partial charge in [0, 0.05) is 30.1 Å². The summed E-state index contributed by atoms with van der Waals surface area (Å²) in [6.07, 6.45) is 5.17. The highest BCUT2D eigenvalue weighted by Gasteiger charge is 2.23. The zero-order valence-corrected chi connectivity index (χ0v) is 11.7. The van der Waals surface area contributed by atoms with E-state index in [1.54, 1.807) is 12.1 Å². The van der Waals surface area contributed by atoms with Crippen LogP contribution in [0.5, 0.6) is 5.75 Å². The Morgan fingerprint density at radius 2 is 2.30 bits per heavy atom. The van der Waals surface area contributed by atoms with Crippen molar-refractivity contribution in [2.24, 2.45) is 7.05 Å². The number of hydrogen-bond donors (Lipinski definition) is 1. The molecule has 0 radical (unpaired) electrons. The maximum absolute atomic E-state index is 13.4. The largest absolute Gasteiger partial charge is 0.494 e. The summed E-state index contributed by atoms with van der Waals surface area (Å²) >= 11 is 0. The Bertz CT molecular complexity index is 624. The first-order valence-electron chi connectivity index (χ1n) is 6.80. The number of ether oxygens (including phenoxy) is 1. The normalized spacial score (nSPS) is 17.6. The molecular weight excluding hydrogens is 257 g/mol. The van der Waals surface area contributed by atoms with Gasteiger partial charge in [-0.2, -0.15) is 5.10 Å². The van der Waals surface area contributed by atoms with Gasteiger partial charge in [0.15, 0.2) is 11.6 Å². The molecule has 1 aliphatic rings. The van der Waals surface area contributed by atoms with Crippen LogP contribution in [0.3, 0.4) is 0 Å². The quantitative estimate of drug-likeness (QED) is 0.935. The molecule has 0 bridgehead atoms. The number of hydrogen-bond acceptors (Lipinski definition) is 3. The Hall–Kier alpha value is -2.04. The average molecular weight is 275 g/mol. The van der Waals surface area contributed by atoms with E-state index in [0.717, 1.165) is 24.9 Å². The summed E-state index contributed by atoms with van der Waals surface area (Å²) in [5.74, 6) is -0.0824. The molecule has 0 saturated carbocycles. The number of nitrogens with one attached hydrogen (secondary N) is 1. The van der Waals surface area contributed by atoms with E-state index in [-0.39, 0.29) is 17.6 Å². The Balaban J connectivity index is 1.85. The topological polar surface area (TPSA) is 39.1 Å². The van der Waals surface area contributed by atoms with Gasteiger partial charge in [0.2, 0.25) is 0 Å². The van der Waals surface area contributed by atoms with Crippen LogP contribution in [-0.2, 0) is 13.5 Å². The molecule has 1 atom stereocenters. The van der Waals surface area contributed by atoms with Crippen LogP contribution in [-0.4, -0.2) is 16.9 Å². The molecule has 1 unspecified atom stereocenters. The molecule has 1 aliphatic carbocycles. The number of benzene rings is 1. The molecule has 1 aromatic heterocycles.